The molecule has 1 aromatic carbocycles. The van der Waals surface area contributed by atoms with Crippen LogP contribution in [0, 0.1) is 5.92 Å². The third-order valence-electron chi connectivity index (χ3n) is 4.31. The normalized spacial score (nSPS) is 16.8. The van der Waals surface area contributed by atoms with E-state index < -0.39 is 0 Å². The topological polar surface area (TPSA) is 38.5 Å². The van der Waals surface area contributed by atoms with E-state index in [1.807, 2.05) is 24.3 Å². The number of piperidine rings is 1. The monoisotopic (exact) mass is 306 g/mol. The SMILES string of the molecule is CCC1CCN(CCCOc2ccc(C(N)=S)cc2)CC1. The van der Waals surface area contributed by atoms with Crippen molar-refractivity contribution in [2.24, 2.45) is 11.7 Å². The molecule has 0 radical (unpaired) electrons. The molecule has 2 rings (SSSR count). The van der Waals surface area contributed by atoms with Gasteiger partial charge in [0.15, 0.2) is 0 Å². The molecular weight excluding hydrogens is 280 g/mol. The average Bonchev–Trinajstić information content (AvgIpc) is 2.52. The Labute approximate surface area is 133 Å². The molecule has 0 bridgehead atoms. The summed E-state index contributed by atoms with van der Waals surface area (Å²) >= 11 is 4.93. The van der Waals surface area contributed by atoms with Gasteiger partial charge in [0.1, 0.15) is 10.7 Å². The number of nitrogens with zero attached hydrogens (tertiary/aromatic N) is 1. The van der Waals surface area contributed by atoms with Gasteiger partial charge in [-0.3, -0.25) is 0 Å². The molecular formula is C17H26N2OS. The van der Waals surface area contributed by atoms with E-state index in [0.717, 1.165) is 36.8 Å². The molecule has 0 spiro atoms. The van der Waals surface area contributed by atoms with Crippen LogP contribution in [0.5, 0.6) is 5.75 Å². The van der Waals surface area contributed by atoms with Crippen LogP contribution in [0.3, 0.4) is 0 Å². The summed E-state index contributed by atoms with van der Waals surface area (Å²) in [6.07, 6.45) is 5.13. The van der Waals surface area contributed by atoms with E-state index in [0.29, 0.717) is 4.99 Å². The Balaban J connectivity index is 1.62. The van der Waals surface area contributed by atoms with E-state index in [1.165, 1.54) is 32.4 Å². The zero-order valence-corrected chi connectivity index (χ0v) is 13.7. The van der Waals surface area contributed by atoms with Crippen molar-refractivity contribution < 1.29 is 4.74 Å². The summed E-state index contributed by atoms with van der Waals surface area (Å²) in [7, 11) is 0. The number of benzene rings is 1. The first-order valence-electron chi connectivity index (χ1n) is 7.94. The van der Waals surface area contributed by atoms with Gasteiger partial charge in [-0.25, -0.2) is 0 Å². The molecule has 4 heteroatoms. The number of ether oxygens (including phenoxy) is 1. The van der Waals surface area contributed by atoms with Crippen molar-refractivity contribution in [2.75, 3.05) is 26.2 Å². The minimum absolute atomic E-state index is 0.428. The fourth-order valence-electron chi connectivity index (χ4n) is 2.81. The summed E-state index contributed by atoms with van der Waals surface area (Å²) in [4.78, 5) is 2.99. The second kappa shape index (κ2) is 8.35. The Morgan fingerprint density at radius 3 is 2.52 bits per heavy atom. The number of nitrogens with two attached hydrogens (primary N) is 1. The first-order chi connectivity index (χ1) is 10.2. The summed E-state index contributed by atoms with van der Waals surface area (Å²) < 4.78 is 5.76. The Morgan fingerprint density at radius 1 is 1.29 bits per heavy atom. The lowest BCUT2D eigenvalue weighted by atomic mass is 9.94. The number of hydrogen-bond acceptors (Lipinski definition) is 3. The summed E-state index contributed by atoms with van der Waals surface area (Å²) in [5, 5.41) is 0. The minimum Gasteiger partial charge on any atom is -0.494 e. The van der Waals surface area contributed by atoms with E-state index in [9.17, 15) is 0 Å². The van der Waals surface area contributed by atoms with Crippen LogP contribution in [0.25, 0.3) is 0 Å². The van der Waals surface area contributed by atoms with Crippen LogP contribution in [0.1, 0.15) is 38.2 Å². The first-order valence-corrected chi connectivity index (χ1v) is 8.35. The first kappa shape index (κ1) is 16.2. The highest BCUT2D eigenvalue weighted by molar-refractivity contribution is 7.80. The molecule has 0 amide bonds. The Kier molecular flexibility index (Phi) is 6.46. The molecule has 1 saturated heterocycles. The molecule has 3 nitrogen and oxygen atoms in total. The standard InChI is InChI=1S/C17H26N2OS/c1-2-14-8-11-19(12-9-14)10-3-13-20-16-6-4-15(5-7-16)17(18)21/h4-7,14H,2-3,8-13H2,1H3,(H2,18,21). The van der Waals surface area contributed by atoms with Crippen molar-refractivity contribution in [1.29, 1.82) is 0 Å². The van der Waals surface area contributed by atoms with Crippen molar-refractivity contribution in [1.82, 2.24) is 4.90 Å². The maximum Gasteiger partial charge on any atom is 0.119 e. The molecule has 1 aromatic rings. The van der Waals surface area contributed by atoms with Gasteiger partial charge >= 0.3 is 0 Å². The summed E-state index contributed by atoms with van der Waals surface area (Å²) in [6, 6.07) is 7.68. The van der Waals surface area contributed by atoms with Gasteiger partial charge in [-0.2, -0.15) is 0 Å². The molecule has 116 valence electrons. The zero-order valence-electron chi connectivity index (χ0n) is 12.9. The quantitative estimate of drug-likeness (QED) is 0.620. The van der Waals surface area contributed by atoms with Gasteiger partial charge < -0.3 is 15.4 Å². The fraction of sp³-hybridized carbons (Fsp3) is 0.588. The Bertz CT molecular complexity index is 439. The van der Waals surface area contributed by atoms with Crippen molar-refractivity contribution in [2.45, 2.75) is 32.6 Å². The highest BCUT2D eigenvalue weighted by Crippen LogP contribution is 2.20. The van der Waals surface area contributed by atoms with Crippen LogP contribution in [-0.2, 0) is 0 Å². The Hall–Kier alpha value is -1.13. The third-order valence-corrected chi connectivity index (χ3v) is 4.55. The molecule has 1 aliphatic rings. The molecule has 1 fully saturated rings. The lowest BCUT2D eigenvalue weighted by Crippen LogP contribution is -2.34. The fourth-order valence-corrected chi connectivity index (χ4v) is 2.95. The van der Waals surface area contributed by atoms with Gasteiger partial charge in [0.2, 0.25) is 0 Å². The second-order valence-electron chi connectivity index (χ2n) is 5.78. The van der Waals surface area contributed by atoms with Gasteiger partial charge in [-0.05, 0) is 62.5 Å². The van der Waals surface area contributed by atoms with Gasteiger partial charge in [0.05, 0.1) is 6.61 Å². The van der Waals surface area contributed by atoms with Crippen molar-refractivity contribution >= 4 is 17.2 Å². The maximum atomic E-state index is 5.76. The largest absolute Gasteiger partial charge is 0.494 e. The third kappa shape index (κ3) is 5.29. The number of rotatable bonds is 7. The van der Waals surface area contributed by atoms with Crippen LogP contribution >= 0.6 is 12.2 Å². The molecule has 0 aromatic heterocycles. The minimum atomic E-state index is 0.428. The predicted octanol–water partition coefficient (Wildman–Crippen LogP) is 3.21. The van der Waals surface area contributed by atoms with Gasteiger partial charge in [-0.15, -0.1) is 0 Å². The van der Waals surface area contributed by atoms with Gasteiger partial charge in [-0.1, -0.05) is 25.6 Å². The van der Waals surface area contributed by atoms with Crippen molar-refractivity contribution in [3.05, 3.63) is 29.8 Å². The van der Waals surface area contributed by atoms with Crippen LogP contribution < -0.4 is 10.5 Å². The van der Waals surface area contributed by atoms with Crippen LogP contribution in [0.2, 0.25) is 0 Å². The zero-order chi connectivity index (χ0) is 15.1. The average molecular weight is 306 g/mol. The second-order valence-corrected chi connectivity index (χ2v) is 6.22. The lowest BCUT2D eigenvalue weighted by molar-refractivity contribution is 0.169. The summed E-state index contributed by atoms with van der Waals surface area (Å²) in [5.41, 5.74) is 6.46. The predicted molar refractivity (Wildman–Crippen MR) is 91.9 cm³/mol. The smallest absolute Gasteiger partial charge is 0.119 e. The number of thiocarbonyl (C=S) groups is 1. The van der Waals surface area contributed by atoms with E-state index in [-0.39, 0.29) is 0 Å². The van der Waals surface area contributed by atoms with Crippen molar-refractivity contribution in [3.63, 3.8) is 0 Å². The van der Waals surface area contributed by atoms with Crippen LogP contribution in [-0.4, -0.2) is 36.1 Å². The number of likely N-dealkylation sites (tertiary alicyclic amines) is 1. The maximum absolute atomic E-state index is 5.76. The molecule has 1 heterocycles. The van der Waals surface area contributed by atoms with E-state index >= 15 is 0 Å². The molecule has 0 saturated carbocycles. The highest BCUT2D eigenvalue weighted by Gasteiger charge is 2.16. The molecule has 0 unspecified atom stereocenters. The van der Waals surface area contributed by atoms with E-state index in [4.69, 9.17) is 22.7 Å². The van der Waals surface area contributed by atoms with Crippen LogP contribution in [0.15, 0.2) is 24.3 Å². The number of hydrogen-bond donors (Lipinski definition) is 1. The summed E-state index contributed by atoms with van der Waals surface area (Å²) in [6.45, 7) is 6.71. The van der Waals surface area contributed by atoms with Gasteiger partial charge in [0, 0.05) is 12.1 Å². The van der Waals surface area contributed by atoms with Crippen LogP contribution in [0.4, 0.5) is 0 Å². The summed E-state index contributed by atoms with van der Waals surface area (Å²) in [5.74, 6) is 1.84. The molecule has 0 aliphatic carbocycles. The van der Waals surface area contributed by atoms with E-state index in [2.05, 4.69) is 11.8 Å². The van der Waals surface area contributed by atoms with E-state index in [1.54, 1.807) is 0 Å². The molecule has 2 N–H and O–H groups in total. The molecule has 1 aliphatic heterocycles. The highest BCUT2D eigenvalue weighted by atomic mass is 32.1. The van der Waals surface area contributed by atoms with Crippen molar-refractivity contribution in [3.8, 4) is 5.75 Å². The molecule has 0 atom stereocenters. The molecule has 21 heavy (non-hydrogen) atoms. The van der Waals surface area contributed by atoms with Gasteiger partial charge in [0.25, 0.3) is 0 Å². The lowest BCUT2D eigenvalue weighted by Gasteiger charge is -2.31. The Morgan fingerprint density at radius 2 is 1.95 bits per heavy atom.